The summed E-state index contributed by atoms with van der Waals surface area (Å²) in [7, 11) is 0. The monoisotopic (exact) mass is 199 g/mol. The second kappa shape index (κ2) is 6.17. The Kier molecular flexibility index (Phi) is 5.15. The van der Waals surface area contributed by atoms with Crippen molar-refractivity contribution >= 4 is 0 Å². The van der Waals surface area contributed by atoms with Gasteiger partial charge in [-0.25, -0.2) is 0 Å². The predicted octanol–water partition coefficient (Wildman–Crippen LogP) is 1.94. The highest BCUT2D eigenvalue weighted by Gasteiger charge is 2.29. The predicted molar refractivity (Wildman–Crippen MR) is 54.9 cm³/mol. The van der Waals surface area contributed by atoms with E-state index in [9.17, 15) is 0 Å². The lowest BCUT2D eigenvalue weighted by Crippen LogP contribution is -2.25. The lowest BCUT2D eigenvalue weighted by Gasteiger charge is -2.21. The molecule has 14 heavy (non-hydrogen) atoms. The van der Waals surface area contributed by atoms with Crippen molar-refractivity contribution in [2.45, 2.75) is 25.6 Å². The Morgan fingerprint density at radius 1 is 1.36 bits per heavy atom. The summed E-state index contributed by atoms with van der Waals surface area (Å²) in [5, 5.41) is 0. The molecule has 1 rings (SSSR count). The van der Waals surface area contributed by atoms with Crippen LogP contribution in [0.15, 0.2) is 12.7 Å². The molecule has 0 amide bonds. The molecule has 1 aliphatic heterocycles. The van der Waals surface area contributed by atoms with Gasteiger partial charge in [-0.1, -0.05) is 6.08 Å². The minimum atomic E-state index is -0.366. The van der Waals surface area contributed by atoms with Crippen LogP contribution in [-0.4, -0.2) is 32.2 Å². The second-order valence-corrected chi connectivity index (χ2v) is 3.48. The molecule has 81 valence electrons. The zero-order chi connectivity index (χ0) is 10.3. The van der Waals surface area contributed by atoms with Gasteiger partial charge in [0.15, 0.2) is 5.79 Å². The first kappa shape index (κ1) is 11.7. The van der Waals surface area contributed by atoms with Gasteiger partial charge in [-0.2, -0.15) is 0 Å². The van der Waals surface area contributed by atoms with Gasteiger partial charge >= 0.3 is 0 Å². The summed E-state index contributed by atoms with van der Waals surface area (Å²) in [5.41, 5.74) is 0. The summed E-state index contributed by atoms with van der Waals surface area (Å²) in [5.74, 6) is -0.366. The number of hydrogen-bond acceptors (Lipinski definition) is 3. The molecule has 0 aromatic rings. The van der Waals surface area contributed by atoms with Crippen LogP contribution in [0.1, 0.15) is 19.8 Å². The van der Waals surface area contributed by atoms with Gasteiger partial charge in [0, 0.05) is 6.42 Å². The molecule has 1 aliphatic rings. The van der Waals surface area contributed by atoms with Gasteiger partial charge < -0.3 is 14.2 Å². The third-order valence-electron chi connectivity index (χ3n) is 2.17. The van der Waals surface area contributed by atoms with E-state index in [0.29, 0.717) is 26.4 Å². The van der Waals surface area contributed by atoms with Crippen LogP contribution in [0.2, 0.25) is 0 Å². The normalized spacial score (nSPS) is 19.8. The van der Waals surface area contributed by atoms with Crippen molar-refractivity contribution in [2.24, 2.45) is 0 Å². The molecule has 0 saturated carbocycles. The van der Waals surface area contributed by atoms with Crippen molar-refractivity contribution in [3.8, 4) is 0 Å². The fourth-order valence-corrected chi connectivity index (χ4v) is 1.38. The van der Waals surface area contributed by atoms with E-state index in [1.807, 2.05) is 6.92 Å². The molecule has 3 nitrogen and oxygen atoms in total. The minimum Gasteiger partial charge on any atom is -0.377 e. The summed E-state index contributed by atoms with van der Waals surface area (Å²) in [4.78, 5) is 0. The van der Waals surface area contributed by atoms with Crippen LogP contribution in [0.4, 0.5) is 0 Å². The molecule has 0 bridgehead atoms. The molecular weight excluding hydrogens is 180 g/mol. The first-order chi connectivity index (χ1) is 6.77. The van der Waals surface area contributed by atoms with Crippen molar-refractivity contribution in [3.63, 3.8) is 0 Å². The second-order valence-electron chi connectivity index (χ2n) is 3.48. The molecule has 1 fully saturated rings. The van der Waals surface area contributed by atoms with Gasteiger partial charge in [0.1, 0.15) is 0 Å². The van der Waals surface area contributed by atoms with Crippen LogP contribution in [0.3, 0.4) is 0 Å². The highest BCUT2D eigenvalue weighted by Crippen LogP contribution is 2.24. The van der Waals surface area contributed by atoms with Gasteiger partial charge in [-0.15, -0.1) is 6.58 Å². The Bertz CT molecular complexity index is 162. The first-order valence-electron chi connectivity index (χ1n) is 5.05. The standard InChI is InChI=1S/C11H19O3/c1-3-7-12-8-5-4-6-11(2)13-9-10-14-11/h3,5H,1,4,6-10H2,2H3. The SMILES string of the molecule is C=CCOC[CH]CCC1(C)OCCO1. The van der Waals surface area contributed by atoms with E-state index < -0.39 is 0 Å². The summed E-state index contributed by atoms with van der Waals surface area (Å²) >= 11 is 0. The van der Waals surface area contributed by atoms with E-state index in [2.05, 4.69) is 13.0 Å². The van der Waals surface area contributed by atoms with Crippen molar-refractivity contribution < 1.29 is 14.2 Å². The van der Waals surface area contributed by atoms with E-state index in [1.165, 1.54) is 0 Å². The Labute approximate surface area is 86.0 Å². The molecule has 0 unspecified atom stereocenters. The summed E-state index contributed by atoms with van der Waals surface area (Å²) < 4.78 is 16.2. The molecule has 1 heterocycles. The third-order valence-corrected chi connectivity index (χ3v) is 2.17. The van der Waals surface area contributed by atoms with Crippen LogP contribution >= 0.6 is 0 Å². The molecule has 0 spiro atoms. The van der Waals surface area contributed by atoms with Crippen molar-refractivity contribution in [3.05, 3.63) is 19.1 Å². The molecule has 0 aliphatic carbocycles. The van der Waals surface area contributed by atoms with E-state index in [-0.39, 0.29) is 5.79 Å². The topological polar surface area (TPSA) is 27.7 Å². The molecule has 1 saturated heterocycles. The van der Waals surface area contributed by atoms with Crippen molar-refractivity contribution in [1.29, 1.82) is 0 Å². The van der Waals surface area contributed by atoms with Crippen LogP contribution < -0.4 is 0 Å². The van der Waals surface area contributed by atoms with E-state index in [1.54, 1.807) is 6.08 Å². The van der Waals surface area contributed by atoms with E-state index in [4.69, 9.17) is 14.2 Å². The van der Waals surface area contributed by atoms with Crippen molar-refractivity contribution in [2.75, 3.05) is 26.4 Å². The fourth-order valence-electron chi connectivity index (χ4n) is 1.38. The molecule has 0 aromatic carbocycles. The molecule has 0 atom stereocenters. The summed E-state index contributed by atoms with van der Waals surface area (Å²) in [6.45, 7) is 8.26. The molecule has 0 N–H and O–H groups in total. The van der Waals surface area contributed by atoms with Crippen LogP contribution in [-0.2, 0) is 14.2 Å². The highest BCUT2D eigenvalue weighted by atomic mass is 16.7. The zero-order valence-electron chi connectivity index (χ0n) is 8.83. The first-order valence-corrected chi connectivity index (χ1v) is 5.05. The average Bonchev–Trinajstić information content (AvgIpc) is 2.59. The van der Waals surface area contributed by atoms with Gasteiger partial charge in [-0.05, 0) is 19.8 Å². The number of rotatable bonds is 7. The maximum atomic E-state index is 5.47. The van der Waals surface area contributed by atoms with Gasteiger partial charge in [0.2, 0.25) is 0 Å². The lowest BCUT2D eigenvalue weighted by molar-refractivity contribution is -0.146. The van der Waals surface area contributed by atoms with Gasteiger partial charge in [-0.3, -0.25) is 0 Å². The van der Waals surface area contributed by atoms with Crippen LogP contribution in [0.5, 0.6) is 0 Å². The molecular formula is C11H19O3. The smallest absolute Gasteiger partial charge is 0.165 e. The Morgan fingerprint density at radius 3 is 2.71 bits per heavy atom. The maximum Gasteiger partial charge on any atom is 0.165 e. The van der Waals surface area contributed by atoms with Gasteiger partial charge in [0.25, 0.3) is 0 Å². The molecule has 1 radical (unpaired) electrons. The number of hydrogen-bond donors (Lipinski definition) is 0. The Balaban J connectivity index is 1.95. The van der Waals surface area contributed by atoms with Crippen LogP contribution in [0, 0.1) is 6.42 Å². The zero-order valence-corrected chi connectivity index (χ0v) is 8.83. The highest BCUT2D eigenvalue weighted by molar-refractivity contribution is 4.74. The van der Waals surface area contributed by atoms with Crippen molar-refractivity contribution in [1.82, 2.24) is 0 Å². The lowest BCUT2D eigenvalue weighted by atomic mass is 10.1. The molecule has 3 heteroatoms. The summed E-state index contributed by atoms with van der Waals surface area (Å²) in [6, 6.07) is 0. The van der Waals surface area contributed by atoms with Gasteiger partial charge in [0.05, 0.1) is 26.4 Å². The Hall–Kier alpha value is -0.380. The largest absolute Gasteiger partial charge is 0.377 e. The average molecular weight is 199 g/mol. The van der Waals surface area contributed by atoms with Crippen LogP contribution in [0.25, 0.3) is 0 Å². The summed E-state index contributed by atoms with van der Waals surface area (Å²) in [6.07, 6.45) is 5.69. The maximum absolute atomic E-state index is 5.47. The van der Waals surface area contributed by atoms with E-state index >= 15 is 0 Å². The third kappa shape index (κ3) is 4.22. The fraction of sp³-hybridized carbons (Fsp3) is 0.727. The number of ether oxygens (including phenoxy) is 3. The van der Waals surface area contributed by atoms with E-state index in [0.717, 1.165) is 12.8 Å². The number of unbranched alkanes of at least 4 members (excludes halogenated alkanes) is 1. The Morgan fingerprint density at radius 2 is 2.07 bits per heavy atom. The quantitative estimate of drug-likeness (QED) is 0.463. The molecule has 0 aromatic heterocycles. The minimum absolute atomic E-state index is 0.366.